The Morgan fingerprint density at radius 2 is 1.83 bits per heavy atom. The average molecular weight is 437 g/mol. The standard InChI is InChI=1S/C21H23F3N3O2P/c1-12(14-7-6-8-15(9-14)21(22,23)24)25-20-16-10-19(30(4,5)28)18(29-3)11-17(16)26-13(2)27-20/h6-12H,1-5H3,(H,25,26,27)/t12-/m1/s1. The van der Waals surface area contributed by atoms with E-state index < -0.39 is 24.9 Å². The quantitative estimate of drug-likeness (QED) is 0.543. The fraction of sp³-hybridized carbons (Fsp3) is 0.333. The molecule has 0 fully saturated rings. The SMILES string of the molecule is COc1cc2nc(C)nc(N[C@H](C)c3cccc(C(F)(F)F)c3)c2cc1P(C)(C)=O. The van der Waals surface area contributed by atoms with E-state index in [9.17, 15) is 17.7 Å². The molecule has 1 aromatic heterocycles. The van der Waals surface area contributed by atoms with Gasteiger partial charge in [0.05, 0.1) is 23.5 Å². The van der Waals surface area contributed by atoms with Crippen molar-refractivity contribution in [1.29, 1.82) is 0 Å². The fourth-order valence-electron chi connectivity index (χ4n) is 3.23. The molecule has 0 radical (unpaired) electrons. The van der Waals surface area contributed by atoms with E-state index in [0.29, 0.717) is 39.2 Å². The first-order chi connectivity index (χ1) is 13.9. The van der Waals surface area contributed by atoms with Gasteiger partial charge in [0.15, 0.2) is 0 Å². The van der Waals surface area contributed by atoms with Crippen LogP contribution in [0.5, 0.6) is 5.75 Å². The van der Waals surface area contributed by atoms with Gasteiger partial charge < -0.3 is 14.6 Å². The number of rotatable bonds is 5. The Hall–Kier alpha value is -2.60. The molecule has 3 aromatic rings. The minimum Gasteiger partial charge on any atom is -0.496 e. The molecule has 1 N–H and O–H groups in total. The highest BCUT2D eigenvalue weighted by atomic mass is 31.2. The highest BCUT2D eigenvalue weighted by Crippen LogP contribution is 2.41. The third-order valence-corrected chi connectivity index (χ3v) is 6.27. The molecular formula is C21H23F3N3O2P. The van der Waals surface area contributed by atoms with E-state index in [1.807, 2.05) is 0 Å². The van der Waals surface area contributed by atoms with Crippen LogP contribution < -0.4 is 15.4 Å². The summed E-state index contributed by atoms with van der Waals surface area (Å²) in [5, 5.41) is 4.37. The largest absolute Gasteiger partial charge is 0.496 e. The van der Waals surface area contributed by atoms with Crippen molar-refractivity contribution in [3.8, 4) is 5.75 Å². The van der Waals surface area contributed by atoms with Crippen LogP contribution in [0.1, 0.15) is 29.9 Å². The number of anilines is 1. The number of alkyl halides is 3. The summed E-state index contributed by atoms with van der Waals surface area (Å²) in [6.45, 7) is 6.77. The lowest BCUT2D eigenvalue weighted by Crippen LogP contribution is -2.13. The number of hydrogen-bond donors (Lipinski definition) is 1. The first-order valence-electron chi connectivity index (χ1n) is 9.26. The Bertz CT molecular complexity index is 1140. The van der Waals surface area contributed by atoms with Crippen LogP contribution in [0.4, 0.5) is 19.0 Å². The summed E-state index contributed by atoms with van der Waals surface area (Å²) in [7, 11) is -1.16. The first kappa shape index (κ1) is 22.1. The van der Waals surface area contributed by atoms with Gasteiger partial charge in [-0.3, -0.25) is 0 Å². The number of aromatic nitrogens is 2. The minimum atomic E-state index is -4.41. The van der Waals surface area contributed by atoms with E-state index in [2.05, 4.69) is 15.3 Å². The summed E-state index contributed by atoms with van der Waals surface area (Å²) in [4.78, 5) is 8.87. The first-order valence-corrected chi connectivity index (χ1v) is 11.9. The lowest BCUT2D eigenvalue weighted by molar-refractivity contribution is -0.137. The van der Waals surface area contributed by atoms with Crippen LogP contribution in [-0.4, -0.2) is 30.4 Å². The Labute approximate surface area is 173 Å². The van der Waals surface area contributed by atoms with Crippen molar-refractivity contribution in [2.75, 3.05) is 25.8 Å². The molecule has 0 saturated carbocycles. The van der Waals surface area contributed by atoms with Gasteiger partial charge >= 0.3 is 6.18 Å². The topological polar surface area (TPSA) is 64.1 Å². The second-order valence-corrected chi connectivity index (χ2v) is 10.7. The third kappa shape index (κ3) is 4.59. The second-order valence-electron chi connectivity index (χ2n) is 7.50. The van der Waals surface area contributed by atoms with Crippen LogP contribution >= 0.6 is 7.14 Å². The molecule has 1 heterocycles. The maximum absolute atomic E-state index is 13.1. The van der Waals surface area contributed by atoms with Crippen molar-refractivity contribution < 1.29 is 22.5 Å². The summed E-state index contributed by atoms with van der Waals surface area (Å²) in [6, 6.07) is 8.16. The van der Waals surface area contributed by atoms with Gasteiger partial charge in [0, 0.05) is 17.5 Å². The predicted octanol–water partition coefficient (Wildman–Crippen LogP) is 5.39. The van der Waals surface area contributed by atoms with Crippen molar-refractivity contribution in [3.63, 3.8) is 0 Å². The summed E-state index contributed by atoms with van der Waals surface area (Å²) in [6.07, 6.45) is -4.41. The lowest BCUT2D eigenvalue weighted by Gasteiger charge is -2.19. The number of nitrogens with zero attached hydrogens (tertiary/aromatic N) is 2. The van der Waals surface area contributed by atoms with Gasteiger partial charge in [-0.25, -0.2) is 9.97 Å². The van der Waals surface area contributed by atoms with Gasteiger partial charge in [-0.05, 0) is 50.9 Å². The van der Waals surface area contributed by atoms with Crippen LogP contribution in [0.15, 0.2) is 36.4 Å². The molecule has 0 spiro atoms. The molecule has 1 atom stereocenters. The van der Waals surface area contributed by atoms with Gasteiger partial charge in [-0.2, -0.15) is 13.2 Å². The van der Waals surface area contributed by atoms with Gasteiger partial charge in [0.1, 0.15) is 24.5 Å². The Morgan fingerprint density at radius 1 is 1.13 bits per heavy atom. The van der Waals surface area contributed by atoms with E-state index in [1.165, 1.54) is 13.2 Å². The van der Waals surface area contributed by atoms with Crippen LogP contribution in [0, 0.1) is 6.92 Å². The zero-order valence-electron chi connectivity index (χ0n) is 17.3. The zero-order chi connectivity index (χ0) is 22.3. The molecule has 0 unspecified atom stereocenters. The van der Waals surface area contributed by atoms with Crippen molar-refractivity contribution in [2.24, 2.45) is 0 Å². The zero-order valence-corrected chi connectivity index (χ0v) is 18.2. The predicted molar refractivity (Wildman–Crippen MR) is 113 cm³/mol. The maximum Gasteiger partial charge on any atom is 0.416 e. The molecule has 5 nitrogen and oxygen atoms in total. The number of ether oxygens (including phenoxy) is 1. The molecule has 0 saturated heterocycles. The second kappa shape index (κ2) is 7.91. The Balaban J connectivity index is 2.08. The lowest BCUT2D eigenvalue weighted by atomic mass is 10.0. The number of nitrogens with one attached hydrogen (secondary N) is 1. The molecule has 3 rings (SSSR count). The number of fused-ring (bicyclic) bond motifs is 1. The van der Waals surface area contributed by atoms with Gasteiger partial charge in [0.25, 0.3) is 0 Å². The third-order valence-electron chi connectivity index (χ3n) is 4.76. The molecule has 160 valence electrons. The summed E-state index contributed by atoms with van der Waals surface area (Å²) < 4.78 is 57.3. The summed E-state index contributed by atoms with van der Waals surface area (Å²) in [5.74, 6) is 1.43. The number of methoxy groups -OCH3 is 1. The Morgan fingerprint density at radius 3 is 2.43 bits per heavy atom. The molecule has 0 amide bonds. The molecule has 9 heteroatoms. The van der Waals surface area contributed by atoms with Gasteiger partial charge in [-0.1, -0.05) is 12.1 Å². The van der Waals surface area contributed by atoms with Crippen LogP contribution in [0.25, 0.3) is 10.9 Å². The van der Waals surface area contributed by atoms with Crippen molar-refractivity contribution in [1.82, 2.24) is 9.97 Å². The summed E-state index contributed by atoms with van der Waals surface area (Å²) >= 11 is 0. The molecular weight excluding hydrogens is 414 g/mol. The van der Waals surface area contributed by atoms with Crippen molar-refractivity contribution in [3.05, 3.63) is 53.3 Å². The summed E-state index contributed by atoms with van der Waals surface area (Å²) in [5.41, 5.74) is 0.359. The number of halogens is 3. The van der Waals surface area contributed by atoms with Gasteiger partial charge in [-0.15, -0.1) is 0 Å². The normalized spacial score (nSPS) is 13.3. The maximum atomic E-state index is 13.1. The number of aryl methyl sites for hydroxylation is 1. The monoisotopic (exact) mass is 437 g/mol. The van der Waals surface area contributed by atoms with Gasteiger partial charge in [0.2, 0.25) is 0 Å². The highest BCUT2D eigenvalue weighted by molar-refractivity contribution is 7.70. The van der Waals surface area contributed by atoms with Crippen LogP contribution in [0.3, 0.4) is 0 Å². The molecule has 0 aliphatic carbocycles. The molecule has 0 aliphatic rings. The van der Waals surface area contributed by atoms with Crippen LogP contribution in [0.2, 0.25) is 0 Å². The molecule has 0 aliphatic heterocycles. The Kier molecular flexibility index (Phi) is 5.83. The number of hydrogen-bond acceptors (Lipinski definition) is 5. The fourth-order valence-corrected chi connectivity index (χ4v) is 4.35. The van der Waals surface area contributed by atoms with E-state index in [-0.39, 0.29) is 0 Å². The van der Waals surface area contributed by atoms with E-state index >= 15 is 0 Å². The van der Waals surface area contributed by atoms with E-state index in [0.717, 1.165) is 12.1 Å². The highest BCUT2D eigenvalue weighted by Gasteiger charge is 2.30. The van der Waals surface area contributed by atoms with E-state index in [1.54, 1.807) is 45.4 Å². The molecule has 0 bridgehead atoms. The number of benzene rings is 2. The van der Waals surface area contributed by atoms with Crippen molar-refractivity contribution in [2.45, 2.75) is 26.1 Å². The van der Waals surface area contributed by atoms with Crippen LogP contribution in [-0.2, 0) is 10.7 Å². The van der Waals surface area contributed by atoms with E-state index in [4.69, 9.17) is 4.74 Å². The smallest absolute Gasteiger partial charge is 0.416 e. The van der Waals surface area contributed by atoms with Crippen molar-refractivity contribution >= 4 is 29.2 Å². The average Bonchev–Trinajstić information content (AvgIpc) is 2.65. The minimum absolute atomic E-state index is 0.453. The molecule has 2 aromatic carbocycles. The molecule has 30 heavy (non-hydrogen) atoms.